The van der Waals surface area contributed by atoms with Gasteiger partial charge in [-0.15, -0.1) is 0 Å². The van der Waals surface area contributed by atoms with Crippen LogP contribution in [0, 0.1) is 12.7 Å². The minimum absolute atomic E-state index is 0.0393. The largest absolute Gasteiger partial charge is 0.348 e. The van der Waals surface area contributed by atoms with E-state index in [9.17, 15) is 9.18 Å². The zero-order chi connectivity index (χ0) is 15.2. The summed E-state index contributed by atoms with van der Waals surface area (Å²) in [6.45, 7) is 2.47. The number of hydrogen-bond acceptors (Lipinski definition) is 1. The van der Waals surface area contributed by atoms with E-state index in [0.29, 0.717) is 12.1 Å². The number of carbonyl (C=O) groups is 1. The molecule has 0 radical (unpaired) electrons. The van der Waals surface area contributed by atoms with Crippen molar-refractivity contribution >= 4 is 23.6 Å². The summed E-state index contributed by atoms with van der Waals surface area (Å²) in [6, 6.07) is 12.2. The monoisotopic (exact) mass is 303 g/mol. The van der Waals surface area contributed by atoms with Crippen LogP contribution < -0.4 is 5.32 Å². The highest BCUT2D eigenvalue weighted by Gasteiger charge is 2.01. The molecule has 0 aliphatic heterocycles. The number of benzene rings is 2. The molecule has 0 spiro atoms. The van der Waals surface area contributed by atoms with Crippen molar-refractivity contribution in [3.05, 3.63) is 76.1 Å². The van der Waals surface area contributed by atoms with Gasteiger partial charge in [-0.3, -0.25) is 4.79 Å². The third-order valence-corrected chi connectivity index (χ3v) is 3.37. The topological polar surface area (TPSA) is 29.1 Å². The van der Waals surface area contributed by atoms with Crippen LogP contribution >= 0.6 is 11.6 Å². The molecule has 2 aromatic rings. The molecule has 0 unspecified atom stereocenters. The lowest BCUT2D eigenvalue weighted by Gasteiger charge is -2.05. The van der Waals surface area contributed by atoms with Gasteiger partial charge in [0.25, 0.3) is 0 Å². The van der Waals surface area contributed by atoms with Gasteiger partial charge in [0.15, 0.2) is 0 Å². The van der Waals surface area contributed by atoms with Crippen molar-refractivity contribution in [2.45, 2.75) is 13.5 Å². The zero-order valence-corrected chi connectivity index (χ0v) is 12.3. The van der Waals surface area contributed by atoms with Crippen LogP contribution in [-0.4, -0.2) is 5.91 Å². The molecular formula is C17H15ClFNO. The lowest BCUT2D eigenvalue weighted by atomic mass is 10.1. The first-order chi connectivity index (χ1) is 10.1. The van der Waals surface area contributed by atoms with Crippen LogP contribution in [0.25, 0.3) is 6.08 Å². The number of nitrogens with one attached hydrogen (secondary N) is 1. The quantitative estimate of drug-likeness (QED) is 0.846. The van der Waals surface area contributed by atoms with E-state index in [-0.39, 0.29) is 10.9 Å². The number of carbonyl (C=O) groups excluding carboxylic acids is 1. The maximum atomic E-state index is 13.0. The lowest BCUT2D eigenvalue weighted by Crippen LogP contribution is -2.20. The highest BCUT2D eigenvalue weighted by Crippen LogP contribution is 2.16. The van der Waals surface area contributed by atoms with E-state index < -0.39 is 5.82 Å². The Kier molecular flexibility index (Phi) is 5.12. The van der Waals surface area contributed by atoms with E-state index in [2.05, 4.69) is 5.32 Å². The Labute approximate surface area is 128 Å². The van der Waals surface area contributed by atoms with Crippen molar-refractivity contribution in [1.29, 1.82) is 0 Å². The Morgan fingerprint density at radius 2 is 2.05 bits per heavy atom. The van der Waals surface area contributed by atoms with Crippen LogP contribution in [0.15, 0.2) is 48.5 Å². The van der Waals surface area contributed by atoms with E-state index in [1.54, 1.807) is 12.1 Å². The number of halogens is 2. The maximum absolute atomic E-state index is 13.0. The Hall–Kier alpha value is -2.13. The summed E-state index contributed by atoms with van der Waals surface area (Å²) in [6.07, 6.45) is 3.00. The Morgan fingerprint density at radius 1 is 1.29 bits per heavy atom. The van der Waals surface area contributed by atoms with E-state index in [0.717, 1.165) is 11.1 Å². The third-order valence-electron chi connectivity index (χ3n) is 3.09. The number of hydrogen-bond donors (Lipinski definition) is 1. The minimum Gasteiger partial charge on any atom is -0.348 e. The number of rotatable bonds is 4. The predicted octanol–water partition coefficient (Wildman–Crippen LogP) is 4.12. The second-order valence-corrected chi connectivity index (χ2v) is 5.06. The standard InChI is InChI=1S/C17H15ClFNO/c1-12-4-2-3-5-14(12)11-20-17(21)9-7-13-6-8-16(19)15(18)10-13/h2-10H,11H2,1H3,(H,20,21)/b9-7+. The van der Waals surface area contributed by atoms with Crippen molar-refractivity contribution < 1.29 is 9.18 Å². The van der Waals surface area contributed by atoms with E-state index >= 15 is 0 Å². The summed E-state index contributed by atoms with van der Waals surface area (Å²) in [5.74, 6) is -0.684. The summed E-state index contributed by atoms with van der Waals surface area (Å²) < 4.78 is 13.0. The molecule has 1 N–H and O–H groups in total. The van der Waals surface area contributed by atoms with Crippen molar-refractivity contribution in [3.63, 3.8) is 0 Å². The highest BCUT2D eigenvalue weighted by atomic mass is 35.5. The normalized spacial score (nSPS) is 10.8. The molecule has 4 heteroatoms. The van der Waals surface area contributed by atoms with Gasteiger partial charge in [0.2, 0.25) is 5.91 Å². The average molecular weight is 304 g/mol. The molecule has 0 saturated heterocycles. The van der Waals surface area contributed by atoms with Gasteiger partial charge < -0.3 is 5.32 Å². The molecule has 2 aromatic carbocycles. The highest BCUT2D eigenvalue weighted by molar-refractivity contribution is 6.30. The Balaban J connectivity index is 1.94. The van der Waals surface area contributed by atoms with Crippen LogP contribution in [0.4, 0.5) is 4.39 Å². The van der Waals surface area contributed by atoms with E-state index in [4.69, 9.17) is 11.6 Å². The van der Waals surface area contributed by atoms with Crippen molar-refractivity contribution in [3.8, 4) is 0 Å². The fourth-order valence-corrected chi connectivity index (χ4v) is 2.03. The van der Waals surface area contributed by atoms with Crippen LogP contribution in [0.5, 0.6) is 0 Å². The predicted molar refractivity (Wildman–Crippen MR) is 83.5 cm³/mol. The lowest BCUT2D eigenvalue weighted by molar-refractivity contribution is -0.116. The second-order valence-electron chi connectivity index (χ2n) is 4.65. The fourth-order valence-electron chi connectivity index (χ4n) is 1.84. The van der Waals surface area contributed by atoms with Gasteiger partial charge in [-0.2, -0.15) is 0 Å². The fraction of sp³-hybridized carbons (Fsp3) is 0.118. The van der Waals surface area contributed by atoms with Gasteiger partial charge in [0.05, 0.1) is 5.02 Å². The molecule has 0 aliphatic rings. The van der Waals surface area contributed by atoms with Crippen LogP contribution in [0.2, 0.25) is 5.02 Å². The number of amides is 1. The van der Waals surface area contributed by atoms with Gasteiger partial charge in [-0.1, -0.05) is 41.9 Å². The molecule has 0 saturated carbocycles. The minimum atomic E-state index is -0.474. The smallest absolute Gasteiger partial charge is 0.244 e. The van der Waals surface area contributed by atoms with Crippen LogP contribution in [-0.2, 0) is 11.3 Å². The first kappa shape index (κ1) is 15.3. The van der Waals surface area contributed by atoms with Gasteiger partial charge >= 0.3 is 0 Å². The number of aryl methyl sites for hydroxylation is 1. The van der Waals surface area contributed by atoms with Crippen LogP contribution in [0.3, 0.4) is 0 Å². The molecule has 0 atom stereocenters. The molecule has 0 bridgehead atoms. The van der Waals surface area contributed by atoms with E-state index in [1.165, 1.54) is 18.2 Å². The molecule has 2 nitrogen and oxygen atoms in total. The molecular weight excluding hydrogens is 289 g/mol. The van der Waals surface area contributed by atoms with Crippen LogP contribution in [0.1, 0.15) is 16.7 Å². The summed E-state index contributed by atoms with van der Waals surface area (Å²) in [7, 11) is 0. The molecule has 1 amide bonds. The molecule has 0 fully saturated rings. The molecule has 108 valence electrons. The average Bonchev–Trinajstić information content (AvgIpc) is 2.47. The van der Waals surface area contributed by atoms with Gasteiger partial charge in [0.1, 0.15) is 5.82 Å². The molecule has 2 rings (SSSR count). The Morgan fingerprint density at radius 3 is 2.76 bits per heavy atom. The van der Waals surface area contributed by atoms with Crippen molar-refractivity contribution in [1.82, 2.24) is 5.32 Å². The molecule has 21 heavy (non-hydrogen) atoms. The molecule has 0 aromatic heterocycles. The summed E-state index contributed by atoms with van der Waals surface area (Å²) in [4.78, 5) is 11.7. The molecule has 0 aliphatic carbocycles. The van der Waals surface area contributed by atoms with E-state index in [1.807, 2.05) is 31.2 Å². The SMILES string of the molecule is Cc1ccccc1CNC(=O)/C=C/c1ccc(F)c(Cl)c1. The van der Waals surface area contributed by atoms with Gasteiger partial charge in [-0.25, -0.2) is 4.39 Å². The summed E-state index contributed by atoms with van der Waals surface area (Å²) in [5.41, 5.74) is 2.88. The Bertz CT molecular complexity index is 682. The van der Waals surface area contributed by atoms with Crippen molar-refractivity contribution in [2.24, 2.45) is 0 Å². The zero-order valence-electron chi connectivity index (χ0n) is 11.6. The summed E-state index contributed by atoms with van der Waals surface area (Å²) >= 11 is 5.68. The van der Waals surface area contributed by atoms with Crippen molar-refractivity contribution in [2.75, 3.05) is 0 Å². The maximum Gasteiger partial charge on any atom is 0.244 e. The first-order valence-electron chi connectivity index (χ1n) is 6.52. The first-order valence-corrected chi connectivity index (χ1v) is 6.89. The van der Waals surface area contributed by atoms with Gasteiger partial charge in [0, 0.05) is 12.6 Å². The molecule has 0 heterocycles. The second kappa shape index (κ2) is 7.04. The third kappa shape index (κ3) is 4.43. The summed E-state index contributed by atoms with van der Waals surface area (Å²) in [5, 5.41) is 2.84. The van der Waals surface area contributed by atoms with Gasteiger partial charge in [-0.05, 0) is 41.8 Å².